The second kappa shape index (κ2) is 8.73. The lowest BCUT2D eigenvalue weighted by Crippen LogP contribution is -2.36. The molecule has 2 aromatic rings. The maximum atomic E-state index is 12.8. The van der Waals surface area contributed by atoms with Crippen LogP contribution >= 0.6 is 0 Å². The molecule has 5 heteroatoms. The fraction of sp³-hybridized carbons (Fsp3) is 0.316. The normalized spacial score (nSPS) is 13.3. The summed E-state index contributed by atoms with van der Waals surface area (Å²) in [6.45, 7) is 4.12. The van der Waals surface area contributed by atoms with Gasteiger partial charge in [0.2, 0.25) is 5.91 Å². The van der Waals surface area contributed by atoms with Crippen LogP contribution in [0.1, 0.15) is 23.6 Å². The number of hydrogen-bond donors (Lipinski definition) is 1. The average molecular weight is 347 g/mol. The number of benzene rings is 2. The van der Waals surface area contributed by atoms with Crippen LogP contribution in [0.5, 0.6) is 0 Å². The first-order valence-corrected chi connectivity index (χ1v) is 9.29. The average Bonchev–Trinajstić information content (AvgIpc) is 2.58. The van der Waals surface area contributed by atoms with E-state index in [4.69, 9.17) is 0 Å². The van der Waals surface area contributed by atoms with Gasteiger partial charge >= 0.3 is 0 Å². The Kier molecular flexibility index (Phi) is 6.67. The molecule has 0 aromatic heterocycles. The molecule has 1 amide bonds. The summed E-state index contributed by atoms with van der Waals surface area (Å²) in [4.78, 5) is 12.1. The second-order valence-corrected chi connectivity index (χ2v) is 7.58. The highest BCUT2D eigenvalue weighted by atomic mass is 32.2. The van der Waals surface area contributed by atoms with Crippen LogP contribution in [0.25, 0.3) is 0 Å². The standard InChI is InChI=1S/C19H22FNO2S/c1-14-3-5-17(6-4-14)13-24(23)15(2)19(22)21-12-11-16-7-9-18(20)10-8-16/h3-10,15H,11-13H2,1-2H3,(H,21,22)/t15-,24+/m0/s1. The van der Waals surface area contributed by atoms with Gasteiger partial charge in [-0.25, -0.2) is 4.39 Å². The Bertz CT molecular complexity index is 698. The minimum Gasteiger partial charge on any atom is -0.355 e. The Morgan fingerprint density at radius 3 is 2.29 bits per heavy atom. The molecule has 0 fully saturated rings. The minimum atomic E-state index is -1.27. The number of carbonyl (C=O) groups is 1. The predicted octanol–water partition coefficient (Wildman–Crippen LogP) is 3.13. The first kappa shape index (κ1) is 18.3. The van der Waals surface area contributed by atoms with Gasteiger partial charge in [0, 0.05) is 23.1 Å². The molecule has 2 aromatic carbocycles. The highest BCUT2D eigenvalue weighted by Crippen LogP contribution is 2.09. The molecule has 0 saturated carbocycles. The Labute approximate surface area is 144 Å². The van der Waals surface area contributed by atoms with Crippen molar-refractivity contribution in [3.05, 3.63) is 71.0 Å². The van der Waals surface area contributed by atoms with Crippen molar-refractivity contribution in [2.45, 2.75) is 31.3 Å². The number of amides is 1. The van der Waals surface area contributed by atoms with Gasteiger partial charge in [0.25, 0.3) is 0 Å². The summed E-state index contributed by atoms with van der Waals surface area (Å²) in [6.07, 6.45) is 0.614. The third-order valence-corrected chi connectivity index (χ3v) is 5.44. The fourth-order valence-corrected chi connectivity index (χ4v) is 3.31. The number of nitrogens with one attached hydrogen (secondary N) is 1. The van der Waals surface area contributed by atoms with Crippen molar-refractivity contribution in [1.82, 2.24) is 5.32 Å². The highest BCUT2D eigenvalue weighted by Gasteiger charge is 2.19. The lowest BCUT2D eigenvalue weighted by atomic mass is 10.1. The Morgan fingerprint density at radius 1 is 1.08 bits per heavy atom. The van der Waals surface area contributed by atoms with Crippen LogP contribution in [-0.2, 0) is 27.8 Å². The third-order valence-electron chi connectivity index (χ3n) is 3.82. The summed E-state index contributed by atoms with van der Waals surface area (Å²) in [7, 11) is -1.27. The fourth-order valence-electron chi connectivity index (χ4n) is 2.22. The molecule has 0 unspecified atom stereocenters. The van der Waals surface area contributed by atoms with Crippen molar-refractivity contribution in [2.75, 3.05) is 6.54 Å². The number of halogens is 1. The van der Waals surface area contributed by atoms with Gasteiger partial charge < -0.3 is 5.32 Å². The zero-order valence-corrected chi connectivity index (χ0v) is 14.7. The highest BCUT2D eigenvalue weighted by molar-refractivity contribution is 7.85. The van der Waals surface area contributed by atoms with Crippen LogP contribution in [0.3, 0.4) is 0 Å². The van der Waals surface area contributed by atoms with Crippen LogP contribution in [-0.4, -0.2) is 21.9 Å². The lowest BCUT2D eigenvalue weighted by Gasteiger charge is -2.12. The topological polar surface area (TPSA) is 46.2 Å². The van der Waals surface area contributed by atoms with Gasteiger partial charge in [0.05, 0.1) is 0 Å². The summed E-state index contributed by atoms with van der Waals surface area (Å²) < 4.78 is 25.1. The molecule has 1 N–H and O–H groups in total. The maximum absolute atomic E-state index is 12.8. The van der Waals surface area contributed by atoms with E-state index < -0.39 is 16.0 Å². The van der Waals surface area contributed by atoms with E-state index in [1.54, 1.807) is 19.1 Å². The zero-order chi connectivity index (χ0) is 17.5. The van der Waals surface area contributed by atoms with Crippen LogP contribution < -0.4 is 5.32 Å². The van der Waals surface area contributed by atoms with Crippen molar-refractivity contribution in [1.29, 1.82) is 0 Å². The summed E-state index contributed by atoms with van der Waals surface area (Å²) in [6, 6.07) is 14.0. The molecule has 0 saturated heterocycles. The second-order valence-electron chi connectivity index (χ2n) is 5.82. The van der Waals surface area contributed by atoms with Crippen LogP contribution in [0.2, 0.25) is 0 Å². The SMILES string of the molecule is Cc1ccc(C[S@@](=O)[C@@H](C)C(=O)NCCc2ccc(F)cc2)cc1. The van der Waals surface area contributed by atoms with Gasteiger partial charge in [0.1, 0.15) is 11.1 Å². The summed E-state index contributed by atoms with van der Waals surface area (Å²) in [5, 5.41) is 2.23. The van der Waals surface area contributed by atoms with E-state index in [9.17, 15) is 13.4 Å². The number of carbonyl (C=O) groups excluding carboxylic acids is 1. The number of hydrogen-bond acceptors (Lipinski definition) is 2. The van der Waals surface area contributed by atoms with E-state index in [1.807, 2.05) is 31.2 Å². The van der Waals surface area contributed by atoms with Gasteiger partial charge in [-0.2, -0.15) is 0 Å². The molecular weight excluding hydrogens is 325 g/mol. The van der Waals surface area contributed by atoms with Gasteiger partial charge in [-0.05, 0) is 43.5 Å². The third kappa shape index (κ3) is 5.57. The quantitative estimate of drug-likeness (QED) is 0.836. The summed E-state index contributed by atoms with van der Waals surface area (Å²) in [5.41, 5.74) is 3.06. The van der Waals surface area contributed by atoms with Gasteiger partial charge in [-0.1, -0.05) is 42.0 Å². The zero-order valence-electron chi connectivity index (χ0n) is 13.9. The molecule has 0 aliphatic carbocycles. The molecule has 24 heavy (non-hydrogen) atoms. The van der Waals surface area contributed by atoms with E-state index in [2.05, 4.69) is 5.32 Å². The Hall–Kier alpha value is -2.01. The minimum absolute atomic E-state index is 0.220. The Morgan fingerprint density at radius 2 is 1.67 bits per heavy atom. The lowest BCUT2D eigenvalue weighted by molar-refractivity contribution is -0.120. The molecule has 2 atom stereocenters. The molecular formula is C19H22FNO2S. The van der Waals surface area contributed by atoms with E-state index in [0.29, 0.717) is 18.7 Å². The van der Waals surface area contributed by atoms with Crippen LogP contribution in [0.15, 0.2) is 48.5 Å². The molecule has 0 aliphatic rings. The molecule has 0 radical (unpaired) electrons. The molecule has 0 bridgehead atoms. The largest absolute Gasteiger partial charge is 0.355 e. The number of aryl methyl sites for hydroxylation is 1. The first-order chi connectivity index (χ1) is 11.5. The van der Waals surface area contributed by atoms with Crippen LogP contribution in [0.4, 0.5) is 4.39 Å². The summed E-state index contributed by atoms with van der Waals surface area (Å²) in [5.74, 6) is -0.127. The van der Waals surface area contributed by atoms with E-state index in [-0.39, 0.29) is 11.7 Å². The van der Waals surface area contributed by atoms with Crippen molar-refractivity contribution in [3.63, 3.8) is 0 Å². The maximum Gasteiger partial charge on any atom is 0.235 e. The molecule has 2 rings (SSSR count). The van der Waals surface area contributed by atoms with Crippen molar-refractivity contribution < 1.29 is 13.4 Å². The number of rotatable bonds is 7. The monoisotopic (exact) mass is 347 g/mol. The molecule has 0 heterocycles. The van der Waals surface area contributed by atoms with Crippen molar-refractivity contribution >= 4 is 16.7 Å². The Balaban J connectivity index is 1.79. The van der Waals surface area contributed by atoms with E-state index in [1.165, 1.54) is 12.1 Å². The first-order valence-electron chi connectivity index (χ1n) is 7.90. The van der Waals surface area contributed by atoms with Gasteiger partial charge in [0.15, 0.2) is 0 Å². The molecule has 0 spiro atoms. The summed E-state index contributed by atoms with van der Waals surface area (Å²) >= 11 is 0. The van der Waals surface area contributed by atoms with Gasteiger partial charge in [-0.15, -0.1) is 0 Å². The van der Waals surface area contributed by atoms with Crippen molar-refractivity contribution in [3.8, 4) is 0 Å². The van der Waals surface area contributed by atoms with Crippen molar-refractivity contribution in [2.24, 2.45) is 0 Å². The van der Waals surface area contributed by atoms with E-state index >= 15 is 0 Å². The van der Waals surface area contributed by atoms with E-state index in [0.717, 1.165) is 16.7 Å². The van der Waals surface area contributed by atoms with Crippen LogP contribution in [0, 0.1) is 12.7 Å². The smallest absolute Gasteiger partial charge is 0.235 e. The molecule has 0 aliphatic heterocycles. The predicted molar refractivity (Wildman–Crippen MR) is 95.6 cm³/mol. The molecule has 3 nitrogen and oxygen atoms in total. The van der Waals surface area contributed by atoms with Gasteiger partial charge in [-0.3, -0.25) is 9.00 Å². The molecule has 128 valence electrons.